The van der Waals surface area contributed by atoms with E-state index in [-0.39, 0.29) is 6.03 Å². The number of rotatable bonds is 7. The second kappa shape index (κ2) is 8.55. The summed E-state index contributed by atoms with van der Waals surface area (Å²) in [4.78, 5) is 24.6. The highest BCUT2D eigenvalue weighted by Crippen LogP contribution is 2.33. The second-order valence-corrected chi connectivity index (χ2v) is 6.30. The number of benzene rings is 1. The average molecular weight is 346 g/mol. The number of amides is 2. The zero-order valence-corrected chi connectivity index (χ0v) is 15.2. The first-order valence-corrected chi connectivity index (χ1v) is 8.56. The Balaban J connectivity index is 2.29. The van der Waals surface area contributed by atoms with E-state index in [0.29, 0.717) is 35.1 Å². The van der Waals surface area contributed by atoms with Gasteiger partial charge in [0.25, 0.3) is 0 Å². The molecule has 0 saturated carbocycles. The molecule has 6 nitrogen and oxygen atoms in total. The van der Waals surface area contributed by atoms with Crippen molar-refractivity contribution in [3.8, 4) is 5.75 Å². The van der Waals surface area contributed by atoms with Gasteiger partial charge in [-0.05, 0) is 25.3 Å². The molecule has 1 aliphatic rings. The molecule has 1 aromatic rings. The molecule has 2 atom stereocenters. The number of nitrogens with one attached hydrogen (secondary N) is 2. The first-order chi connectivity index (χ1) is 12.0. The molecule has 1 heterocycles. The van der Waals surface area contributed by atoms with Gasteiger partial charge in [0.1, 0.15) is 5.75 Å². The molecule has 2 rings (SSSR count). The maximum Gasteiger partial charge on any atom is 0.338 e. The molecule has 0 aromatic heterocycles. The molecule has 6 heteroatoms. The molecule has 0 aliphatic carbocycles. The summed E-state index contributed by atoms with van der Waals surface area (Å²) in [5.74, 6) is 0.474. The minimum Gasteiger partial charge on any atom is -0.496 e. The van der Waals surface area contributed by atoms with Gasteiger partial charge >= 0.3 is 12.0 Å². The number of methoxy groups -OCH3 is 1. The number of hydrogen-bond donors (Lipinski definition) is 2. The van der Waals surface area contributed by atoms with E-state index in [1.54, 1.807) is 20.1 Å². The van der Waals surface area contributed by atoms with Crippen molar-refractivity contribution in [1.82, 2.24) is 10.6 Å². The molecule has 0 fully saturated rings. The van der Waals surface area contributed by atoms with Crippen molar-refractivity contribution in [3.63, 3.8) is 0 Å². The number of carbonyl (C=O) groups is 2. The van der Waals surface area contributed by atoms with E-state index in [4.69, 9.17) is 9.47 Å². The van der Waals surface area contributed by atoms with E-state index >= 15 is 0 Å². The summed E-state index contributed by atoms with van der Waals surface area (Å²) < 4.78 is 10.9. The van der Waals surface area contributed by atoms with Crippen molar-refractivity contribution in [1.29, 1.82) is 0 Å². The first kappa shape index (κ1) is 18.8. The van der Waals surface area contributed by atoms with Gasteiger partial charge < -0.3 is 20.1 Å². The maximum atomic E-state index is 12.7. The number of hydrogen-bond acceptors (Lipinski definition) is 4. The molecule has 25 heavy (non-hydrogen) atoms. The number of esters is 1. The third kappa shape index (κ3) is 4.53. The van der Waals surface area contributed by atoms with Gasteiger partial charge in [-0.2, -0.15) is 0 Å². The summed E-state index contributed by atoms with van der Waals surface area (Å²) in [5.41, 5.74) is 1.60. The lowest BCUT2D eigenvalue weighted by molar-refractivity contribution is -0.140. The predicted octanol–water partition coefficient (Wildman–Crippen LogP) is 3.30. The molecular weight excluding hydrogens is 320 g/mol. The third-order valence-electron chi connectivity index (χ3n) is 4.22. The van der Waals surface area contributed by atoms with Crippen LogP contribution in [0.15, 0.2) is 35.5 Å². The van der Waals surface area contributed by atoms with Crippen molar-refractivity contribution in [2.45, 2.75) is 39.7 Å². The number of carbonyl (C=O) groups excluding carboxylic acids is 2. The molecule has 0 unspecified atom stereocenters. The van der Waals surface area contributed by atoms with Gasteiger partial charge in [-0.25, -0.2) is 9.59 Å². The Labute approximate surface area is 148 Å². The lowest BCUT2D eigenvalue weighted by atomic mass is 9.95. The molecule has 2 amide bonds. The summed E-state index contributed by atoms with van der Waals surface area (Å²) in [6.07, 6.45) is 2.04. The lowest BCUT2D eigenvalue weighted by Crippen LogP contribution is -2.45. The van der Waals surface area contributed by atoms with Gasteiger partial charge in [0.05, 0.1) is 25.3 Å². The smallest absolute Gasteiger partial charge is 0.338 e. The molecule has 1 aromatic carbocycles. The standard InChI is InChI=1S/C19H26N2O4/c1-5-8-12(2)11-25-18(22)16-13(3)20-19(23)21-17(16)14-9-6-7-10-15(14)24-4/h6-7,9-10,12,17H,5,8,11H2,1-4H3,(H2,20,21,23)/t12-,17-/m0/s1. The molecular formula is C19H26N2O4. The van der Waals surface area contributed by atoms with Crippen LogP contribution in [0.1, 0.15) is 45.2 Å². The van der Waals surface area contributed by atoms with Gasteiger partial charge in [0.15, 0.2) is 0 Å². The van der Waals surface area contributed by atoms with Crippen molar-refractivity contribution < 1.29 is 19.1 Å². The van der Waals surface area contributed by atoms with E-state index in [0.717, 1.165) is 12.8 Å². The Kier molecular flexibility index (Phi) is 6.44. The van der Waals surface area contributed by atoms with Crippen molar-refractivity contribution in [3.05, 3.63) is 41.1 Å². The Bertz CT molecular complexity index is 669. The van der Waals surface area contributed by atoms with Crippen LogP contribution in [0, 0.1) is 5.92 Å². The SMILES string of the molecule is CCC[C@H](C)COC(=O)C1=C(C)NC(=O)N[C@H]1c1ccccc1OC. The fraction of sp³-hybridized carbons (Fsp3) is 0.474. The van der Waals surface area contributed by atoms with E-state index in [1.165, 1.54) is 0 Å². The number of ether oxygens (including phenoxy) is 2. The predicted molar refractivity (Wildman–Crippen MR) is 95.1 cm³/mol. The Morgan fingerprint density at radius 3 is 2.72 bits per heavy atom. The molecule has 0 bridgehead atoms. The van der Waals surface area contributed by atoms with Crippen molar-refractivity contribution in [2.24, 2.45) is 5.92 Å². The third-order valence-corrected chi connectivity index (χ3v) is 4.22. The summed E-state index contributed by atoms with van der Waals surface area (Å²) >= 11 is 0. The minimum absolute atomic E-state index is 0.297. The molecule has 2 N–H and O–H groups in total. The van der Waals surface area contributed by atoms with Crippen LogP contribution < -0.4 is 15.4 Å². The van der Waals surface area contributed by atoms with Crippen LogP contribution in [-0.4, -0.2) is 25.7 Å². The van der Waals surface area contributed by atoms with Crippen molar-refractivity contribution in [2.75, 3.05) is 13.7 Å². The van der Waals surface area contributed by atoms with Gasteiger partial charge in [-0.15, -0.1) is 0 Å². The average Bonchev–Trinajstić information content (AvgIpc) is 2.59. The summed E-state index contributed by atoms with van der Waals surface area (Å²) in [6, 6.07) is 6.34. The summed E-state index contributed by atoms with van der Waals surface area (Å²) in [5, 5.41) is 5.44. The Morgan fingerprint density at radius 1 is 1.32 bits per heavy atom. The van der Waals surface area contributed by atoms with Crippen LogP contribution in [0.2, 0.25) is 0 Å². The first-order valence-electron chi connectivity index (χ1n) is 8.56. The second-order valence-electron chi connectivity index (χ2n) is 6.30. The summed E-state index contributed by atoms with van der Waals surface area (Å²) in [6.45, 7) is 6.21. The van der Waals surface area contributed by atoms with Gasteiger partial charge in [0.2, 0.25) is 0 Å². The zero-order chi connectivity index (χ0) is 18.4. The highest BCUT2D eigenvalue weighted by Gasteiger charge is 2.33. The Morgan fingerprint density at radius 2 is 2.04 bits per heavy atom. The van der Waals surface area contributed by atoms with Crippen LogP contribution in [0.3, 0.4) is 0 Å². The zero-order valence-electron chi connectivity index (χ0n) is 15.2. The normalized spacial score (nSPS) is 18.2. The van der Waals surface area contributed by atoms with E-state index in [2.05, 4.69) is 24.5 Å². The number of urea groups is 1. The van der Waals surface area contributed by atoms with E-state index < -0.39 is 12.0 Å². The fourth-order valence-electron chi connectivity index (χ4n) is 2.97. The highest BCUT2D eigenvalue weighted by atomic mass is 16.5. The molecule has 0 radical (unpaired) electrons. The van der Waals surface area contributed by atoms with Gasteiger partial charge in [-0.1, -0.05) is 38.5 Å². The highest BCUT2D eigenvalue weighted by molar-refractivity contribution is 5.95. The molecule has 136 valence electrons. The summed E-state index contributed by atoms with van der Waals surface area (Å²) in [7, 11) is 1.56. The fourth-order valence-corrected chi connectivity index (χ4v) is 2.97. The monoisotopic (exact) mass is 346 g/mol. The van der Waals surface area contributed by atoms with Crippen LogP contribution in [0.5, 0.6) is 5.75 Å². The largest absolute Gasteiger partial charge is 0.496 e. The van der Waals surface area contributed by atoms with E-state index in [9.17, 15) is 9.59 Å². The minimum atomic E-state index is -0.612. The molecule has 0 saturated heterocycles. The van der Waals surface area contributed by atoms with Crippen LogP contribution in [0.4, 0.5) is 4.79 Å². The van der Waals surface area contributed by atoms with Gasteiger partial charge in [0, 0.05) is 11.3 Å². The van der Waals surface area contributed by atoms with Crippen LogP contribution in [0.25, 0.3) is 0 Å². The van der Waals surface area contributed by atoms with Crippen molar-refractivity contribution >= 4 is 12.0 Å². The number of allylic oxidation sites excluding steroid dienone is 1. The quantitative estimate of drug-likeness (QED) is 0.743. The maximum absolute atomic E-state index is 12.7. The molecule has 1 aliphatic heterocycles. The van der Waals surface area contributed by atoms with Crippen LogP contribution in [-0.2, 0) is 9.53 Å². The molecule has 0 spiro atoms. The topological polar surface area (TPSA) is 76.7 Å². The van der Waals surface area contributed by atoms with E-state index in [1.807, 2.05) is 18.2 Å². The lowest BCUT2D eigenvalue weighted by Gasteiger charge is -2.29. The Hall–Kier alpha value is -2.50. The number of para-hydroxylation sites is 1. The van der Waals surface area contributed by atoms with Crippen LogP contribution >= 0.6 is 0 Å². The van der Waals surface area contributed by atoms with Gasteiger partial charge in [-0.3, -0.25) is 0 Å².